The largest absolute Gasteiger partial charge is 0.307 e. The molecule has 1 heterocycles. The molecule has 1 rings (SSSR count). The van der Waals surface area contributed by atoms with Crippen LogP contribution in [0.25, 0.3) is 0 Å². The summed E-state index contributed by atoms with van der Waals surface area (Å²) in [5.41, 5.74) is 0. The fourth-order valence-electron chi connectivity index (χ4n) is 0.969. The average Bonchev–Trinajstić information content (AvgIpc) is 1.87. The third-order valence-corrected chi connectivity index (χ3v) is 1.43. The number of hydrogen-bond acceptors (Lipinski definition) is 1. The molecule has 0 aromatic carbocycles. The predicted molar refractivity (Wildman–Crippen MR) is 31.6 cm³/mol. The molecule has 0 unspecified atom stereocenters. The summed E-state index contributed by atoms with van der Waals surface area (Å²) < 4.78 is 0. The van der Waals surface area contributed by atoms with Crippen LogP contribution in [0.4, 0.5) is 0 Å². The number of rotatable bonds is 0. The molecule has 0 amide bonds. The molecule has 2 radical (unpaired) electrons. The zero-order chi connectivity index (χ0) is 5.28. The van der Waals surface area contributed by atoms with E-state index < -0.39 is 0 Å². The lowest BCUT2D eigenvalue weighted by molar-refractivity contribution is 0.418. The average molecular weight is 95.0 g/mol. The summed E-state index contributed by atoms with van der Waals surface area (Å²) in [6, 6.07) is 0. The van der Waals surface area contributed by atoms with Crippen LogP contribution in [0.1, 0.15) is 6.42 Å². The summed E-state index contributed by atoms with van der Waals surface area (Å²) in [7, 11) is 7.69. The second kappa shape index (κ2) is 1.87. The van der Waals surface area contributed by atoms with Crippen LogP contribution in [0.2, 0.25) is 5.82 Å². The maximum atomic E-state index is 5.58. The van der Waals surface area contributed by atoms with E-state index in [9.17, 15) is 0 Å². The Morgan fingerprint density at radius 3 is 2.57 bits per heavy atom. The lowest BCUT2D eigenvalue weighted by atomic mass is 9.87. The predicted octanol–water partition coefficient (Wildman–Crippen LogP) is 0.279. The Bertz CT molecular complexity index is 57.1. The van der Waals surface area contributed by atoms with Crippen molar-refractivity contribution >= 4 is 7.85 Å². The number of likely N-dealkylation sites (tertiary alicyclic amines) is 1. The van der Waals surface area contributed by atoms with Crippen molar-refractivity contribution < 1.29 is 0 Å². The van der Waals surface area contributed by atoms with E-state index in [-0.39, 0.29) is 0 Å². The van der Waals surface area contributed by atoms with Crippen molar-refractivity contribution in [2.75, 3.05) is 20.1 Å². The van der Waals surface area contributed by atoms with Crippen molar-refractivity contribution in [2.45, 2.75) is 12.2 Å². The van der Waals surface area contributed by atoms with Gasteiger partial charge in [-0.1, -0.05) is 5.82 Å². The van der Waals surface area contributed by atoms with E-state index in [4.69, 9.17) is 7.85 Å². The van der Waals surface area contributed by atoms with Crippen LogP contribution in [-0.2, 0) is 0 Å². The monoisotopic (exact) mass is 95.1 g/mol. The lowest BCUT2D eigenvalue weighted by Crippen LogP contribution is -2.12. The van der Waals surface area contributed by atoms with Gasteiger partial charge in [-0.3, -0.25) is 0 Å². The molecule has 0 aromatic rings. The Balaban J connectivity index is 2.26. The summed E-state index contributed by atoms with van der Waals surface area (Å²) in [4.78, 5) is 2.25. The van der Waals surface area contributed by atoms with Crippen LogP contribution in [0, 0.1) is 0 Å². The first-order valence-electron chi connectivity index (χ1n) is 2.73. The van der Waals surface area contributed by atoms with Crippen LogP contribution in [0.3, 0.4) is 0 Å². The highest BCUT2D eigenvalue weighted by Crippen LogP contribution is 2.14. The van der Waals surface area contributed by atoms with Crippen LogP contribution in [0.5, 0.6) is 0 Å². The Kier molecular flexibility index (Phi) is 1.38. The first kappa shape index (κ1) is 5.17. The van der Waals surface area contributed by atoms with Crippen LogP contribution in [0.15, 0.2) is 0 Å². The van der Waals surface area contributed by atoms with Gasteiger partial charge in [0, 0.05) is 0 Å². The van der Waals surface area contributed by atoms with Crippen molar-refractivity contribution in [2.24, 2.45) is 0 Å². The number of nitrogens with zero attached hydrogens (tertiary/aromatic N) is 1. The molecule has 0 aromatic heterocycles. The molecule has 1 saturated heterocycles. The fourth-order valence-corrected chi connectivity index (χ4v) is 0.969. The zero-order valence-electron chi connectivity index (χ0n) is 4.72. The standard InChI is InChI=1S/C5H10BN/c1-7-3-2-5(6)4-7/h5H,2-4H2,1H3/t5-/m1/s1. The summed E-state index contributed by atoms with van der Waals surface area (Å²) in [6.45, 7) is 2.27. The molecule has 1 fully saturated rings. The van der Waals surface area contributed by atoms with Gasteiger partial charge >= 0.3 is 0 Å². The first-order valence-corrected chi connectivity index (χ1v) is 2.73. The van der Waals surface area contributed by atoms with Gasteiger partial charge in [-0.05, 0) is 26.6 Å². The third kappa shape index (κ3) is 1.20. The molecule has 38 valence electrons. The van der Waals surface area contributed by atoms with E-state index in [1.54, 1.807) is 0 Å². The summed E-state index contributed by atoms with van der Waals surface area (Å²) >= 11 is 0. The van der Waals surface area contributed by atoms with Gasteiger partial charge in [-0.25, -0.2) is 0 Å². The van der Waals surface area contributed by atoms with E-state index in [1.165, 1.54) is 13.0 Å². The van der Waals surface area contributed by atoms with Gasteiger partial charge in [-0.2, -0.15) is 0 Å². The minimum Gasteiger partial charge on any atom is -0.307 e. The van der Waals surface area contributed by atoms with E-state index in [1.807, 2.05) is 0 Å². The SMILES string of the molecule is [B][C@@H]1CCN(C)C1. The van der Waals surface area contributed by atoms with Crippen molar-refractivity contribution in [3.8, 4) is 0 Å². The van der Waals surface area contributed by atoms with Gasteiger partial charge in [0.05, 0.1) is 7.85 Å². The van der Waals surface area contributed by atoms with Crippen LogP contribution < -0.4 is 0 Å². The van der Waals surface area contributed by atoms with Crippen LogP contribution in [-0.4, -0.2) is 32.9 Å². The van der Waals surface area contributed by atoms with Gasteiger partial charge in [0.2, 0.25) is 0 Å². The van der Waals surface area contributed by atoms with Crippen molar-refractivity contribution in [3.63, 3.8) is 0 Å². The molecule has 0 N–H and O–H groups in total. The summed E-state index contributed by atoms with van der Waals surface area (Å²) in [6.07, 6.45) is 1.18. The van der Waals surface area contributed by atoms with E-state index in [0.29, 0.717) is 5.82 Å². The highest BCUT2D eigenvalue weighted by atomic mass is 15.1. The van der Waals surface area contributed by atoms with Crippen molar-refractivity contribution in [3.05, 3.63) is 0 Å². The Morgan fingerprint density at radius 1 is 1.71 bits per heavy atom. The van der Waals surface area contributed by atoms with Gasteiger partial charge in [0.1, 0.15) is 0 Å². The lowest BCUT2D eigenvalue weighted by Gasteiger charge is -2.03. The van der Waals surface area contributed by atoms with Gasteiger partial charge in [0.25, 0.3) is 0 Å². The third-order valence-electron chi connectivity index (χ3n) is 1.43. The maximum Gasteiger partial charge on any atom is 0.0717 e. The molecule has 0 aliphatic carbocycles. The van der Waals surface area contributed by atoms with Crippen LogP contribution >= 0.6 is 0 Å². The second-order valence-corrected chi connectivity index (χ2v) is 2.31. The first-order chi connectivity index (χ1) is 3.29. The topological polar surface area (TPSA) is 3.24 Å². The smallest absolute Gasteiger partial charge is 0.0717 e. The molecular formula is C5H10BN. The van der Waals surface area contributed by atoms with E-state index in [0.717, 1.165) is 6.54 Å². The molecule has 0 saturated carbocycles. The quantitative estimate of drug-likeness (QED) is 0.390. The number of hydrogen-bond donors (Lipinski definition) is 0. The molecule has 1 atom stereocenters. The molecule has 1 nitrogen and oxygen atoms in total. The second-order valence-electron chi connectivity index (χ2n) is 2.31. The molecule has 7 heavy (non-hydrogen) atoms. The van der Waals surface area contributed by atoms with Gasteiger partial charge in [0.15, 0.2) is 0 Å². The summed E-state index contributed by atoms with van der Waals surface area (Å²) in [5, 5.41) is 0. The van der Waals surface area contributed by atoms with Gasteiger partial charge < -0.3 is 4.90 Å². The van der Waals surface area contributed by atoms with E-state index in [2.05, 4.69) is 11.9 Å². The summed E-state index contributed by atoms with van der Waals surface area (Å²) in [5.74, 6) is 0.449. The minimum absolute atomic E-state index is 0.449. The highest BCUT2D eigenvalue weighted by Gasteiger charge is 2.12. The molecule has 1 aliphatic heterocycles. The maximum absolute atomic E-state index is 5.58. The Morgan fingerprint density at radius 2 is 2.43 bits per heavy atom. The molecule has 0 bridgehead atoms. The normalized spacial score (nSPS) is 34.1. The molecule has 1 aliphatic rings. The molecular weight excluding hydrogens is 84.9 g/mol. The highest BCUT2D eigenvalue weighted by molar-refractivity contribution is 6.11. The van der Waals surface area contributed by atoms with E-state index >= 15 is 0 Å². The van der Waals surface area contributed by atoms with Gasteiger partial charge in [-0.15, -0.1) is 0 Å². The minimum atomic E-state index is 0.449. The Labute approximate surface area is 46.1 Å². The zero-order valence-corrected chi connectivity index (χ0v) is 4.72. The molecule has 0 spiro atoms. The fraction of sp³-hybridized carbons (Fsp3) is 1.00. The van der Waals surface area contributed by atoms with Crippen molar-refractivity contribution in [1.29, 1.82) is 0 Å². The molecule has 2 heteroatoms. The van der Waals surface area contributed by atoms with Crippen molar-refractivity contribution in [1.82, 2.24) is 4.90 Å². The Hall–Kier alpha value is 0.0249.